The van der Waals surface area contributed by atoms with E-state index >= 15 is 0 Å². The molecule has 0 aliphatic carbocycles. The number of unbranched alkanes of at least 4 members (excludes halogenated alkanes) is 1. The average Bonchev–Trinajstić information content (AvgIpc) is 2.78. The highest BCUT2D eigenvalue weighted by Gasteiger charge is 2.26. The monoisotopic (exact) mass is 478 g/mol. The van der Waals surface area contributed by atoms with Gasteiger partial charge in [0.1, 0.15) is 11.8 Å². The summed E-state index contributed by atoms with van der Waals surface area (Å²) in [4.78, 5) is 27.2. The molecule has 0 aromatic heterocycles. The van der Waals surface area contributed by atoms with Gasteiger partial charge in [0.05, 0.1) is 10.0 Å². The first-order chi connectivity index (χ1) is 15.2. The molecule has 0 radical (unpaired) electrons. The van der Waals surface area contributed by atoms with Gasteiger partial charge in [0.25, 0.3) is 5.91 Å². The van der Waals surface area contributed by atoms with Crippen LogP contribution < -0.4 is 10.1 Å². The molecule has 2 amide bonds. The maximum atomic E-state index is 13.1. The Morgan fingerprint density at radius 3 is 2.31 bits per heavy atom. The summed E-state index contributed by atoms with van der Waals surface area (Å²) in [6.07, 6.45) is 1.86. The topological polar surface area (TPSA) is 58.6 Å². The lowest BCUT2D eigenvalue weighted by molar-refractivity contribution is -0.142. The van der Waals surface area contributed by atoms with Crippen LogP contribution in [0.1, 0.15) is 57.6 Å². The number of nitrogens with zero attached hydrogens (tertiary/aromatic N) is 1. The Morgan fingerprint density at radius 2 is 1.72 bits per heavy atom. The molecule has 1 N–H and O–H groups in total. The van der Waals surface area contributed by atoms with E-state index in [4.69, 9.17) is 27.9 Å². The van der Waals surface area contributed by atoms with Crippen LogP contribution >= 0.6 is 23.2 Å². The lowest BCUT2D eigenvalue weighted by atomic mass is 10.0. The minimum absolute atomic E-state index is 0.172. The summed E-state index contributed by atoms with van der Waals surface area (Å²) in [5, 5.41) is 3.73. The van der Waals surface area contributed by atoms with Crippen molar-refractivity contribution >= 4 is 35.0 Å². The van der Waals surface area contributed by atoms with Crippen LogP contribution in [0.4, 0.5) is 0 Å². The van der Waals surface area contributed by atoms with Crippen molar-refractivity contribution in [3.8, 4) is 5.75 Å². The molecule has 0 bridgehead atoms. The standard InChI is InChI=1S/C25H32Cl2N2O3/c1-5-6-13-28-25(31)18(4)29(15-19-7-12-22(26)23(27)14-19)24(30)16-32-21-10-8-20(9-11-21)17(2)3/h7-12,14,17-18H,5-6,13,15-16H2,1-4H3,(H,28,31). The Bertz CT molecular complexity index is 901. The third-order valence-corrected chi connectivity index (χ3v) is 5.98. The Hall–Kier alpha value is -2.24. The third kappa shape index (κ3) is 7.72. The molecule has 0 saturated carbocycles. The summed E-state index contributed by atoms with van der Waals surface area (Å²) in [6, 6.07) is 12.2. The quantitative estimate of drug-likeness (QED) is 0.413. The Labute approximate surface area is 201 Å². The predicted octanol–water partition coefficient (Wildman–Crippen LogP) is 5.83. The van der Waals surface area contributed by atoms with Gasteiger partial charge >= 0.3 is 0 Å². The number of rotatable bonds is 11. The zero-order valence-electron chi connectivity index (χ0n) is 19.2. The van der Waals surface area contributed by atoms with E-state index in [2.05, 4.69) is 26.1 Å². The van der Waals surface area contributed by atoms with Crippen molar-refractivity contribution in [2.45, 2.75) is 59.0 Å². The number of benzene rings is 2. The summed E-state index contributed by atoms with van der Waals surface area (Å²) in [6.45, 7) is 8.63. The molecule has 0 aliphatic heterocycles. The molecule has 5 nitrogen and oxygen atoms in total. The van der Waals surface area contributed by atoms with Crippen LogP contribution in [0.3, 0.4) is 0 Å². The summed E-state index contributed by atoms with van der Waals surface area (Å²) < 4.78 is 5.72. The van der Waals surface area contributed by atoms with Crippen LogP contribution in [0.15, 0.2) is 42.5 Å². The van der Waals surface area contributed by atoms with Crippen molar-refractivity contribution in [3.63, 3.8) is 0 Å². The maximum absolute atomic E-state index is 13.1. The van der Waals surface area contributed by atoms with E-state index in [-0.39, 0.29) is 25.0 Å². The van der Waals surface area contributed by atoms with Gasteiger partial charge in [-0.15, -0.1) is 0 Å². The number of hydrogen-bond acceptors (Lipinski definition) is 3. The Kier molecular flexibility index (Phi) is 10.3. The molecule has 0 heterocycles. The van der Waals surface area contributed by atoms with Gasteiger partial charge in [0, 0.05) is 13.1 Å². The van der Waals surface area contributed by atoms with E-state index in [0.29, 0.717) is 28.3 Å². The molecule has 2 aromatic carbocycles. The lowest BCUT2D eigenvalue weighted by Gasteiger charge is -2.29. The number of carbonyl (C=O) groups is 2. The molecule has 7 heteroatoms. The Morgan fingerprint density at radius 1 is 1.03 bits per heavy atom. The van der Waals surface area contributed by atoms with Crippen LogP contribution in [0.5, 0.6) is 5.75 Å². The largest absolute Gasteiger partial charge is 0.484 e. The molecule has 174 valence electrons. The molecule has 0 fully saturated rings. The van der Waals surface area contributed by atoms with Gasteiger partial charge in [-0.05, 0) is 54.7 Å². The van der Waals surface area contributed by atoms with Crippen molar-refractivity contribution in [1.82, 2.24) is 10.2 Å². The zero-order chi connectivity index (χ0) is 23.7. The number of nitrogens with one attached hydrogen (secondary N) is 1. The number of carbonyl (C=O) groups excluding carboxylic acids is 2. The van der Waals surface area contributed by atoms with Crippen LogP contribution in [-0.2, 0) is 16.1 Å². The minimum atomic E-state index is -0.666. The average molecular weight is 479 g/mol. The molecular formula is C25H32Cl2N2O3. The SMILES string of the molecule is CCCCNC(=O)C(C)N(Cc1ccc(Cl)c(Cl)c1)C(=O)COc1ccc(C(C)C)cc1. The fraction of sp³-hybridized carbons (Fsp3) is 0.440. The fourth-order valence-electron chi connectivity index (χ4n) is 3.13. The predicted molar refractivity (Wildman–Crippen MR) is 130 cm³/mol. The molecule has 2 aromatic rings. The summed E-state index contributed by atoms with van der Waals surface area (Å²) in [7, 11) is 0. The van der Waals surface area contributed by atoms with Gasteiger partial charge in [0.2, 0.25) is 5.91 Å². The van der Waals surface area contributed by atoms with E-state index in [1.807, 2.05) is 24.3 Å². The first-order valence-electron chi connectivity index (χ1n) is 11.0. The Balaban J connectivity index is 2.13. The normalized spacial score (nSPS) is 11.8. The van der Waals surface area contributed by atoms with E-state index in [1.54, 1.807) is 25.1 Å². The van der Waals surface area contributed by atoms with Crippen molar-refractivity contribution in [2.75, 3.05) is 13.2 Å². The first-order valence-corrected chi connectivity index (χ1v) is 11.7. The summed E-state index contributed by atoms with van der Waals surface area (Å²) >= 11 is 12.2. The van der Waals surface area contributed by atoms with Gasteiger partial charge in [-0.3, -0.25) is 9.59 Å². The van der Waals surface area contributed by atoms with Crippen LogP contribution in [0, 0.1) is 0 Å². The van der Waals surface area contributed by atoms with Crippen molar-refractivity contribution in [1.29, 1.82) is 0 Å². The smallest absolute Gasteiger partial charge is 0.261 e. The van der Waals surface area contributed by atoms with E-state index in [0.717, 1.165) is 18.4 Å². The highest BCUT2D eigenvalue weighted by molar-refractivity contribution is 6.42. The second-order valence-electron chi connectivity index (χ2n) is 8.10. The third-order valence-electron chi connectivity index (χ3n) is 5.24. The van der Waals surface area contributed by atoms with Gasteiger partial charge in [-0.1, -0.05) is 68.6 Å². The second kappa shape index (κ2) is 12.7. The van der Waals surface area contributed by atoms with Gasteiger partial charge in [0.15, 0.2) is 6.61 Å². The molecule has 0 aliphatic rings. The number of ether oxygens (including phenoxy) is 1. The first kappa shape index (κ1) is 26.0. The molecule has 1 atom stereocenters. The zero-order valence-corrected chi connectivity index (χ0v) is 20.7. The van der Waals surface area contributed by atoms with Crippen molar-refractivity contribution < 1.29 is 14.3 Å². The number of halogens is 2. The van der Waals surface area contributed by atoms with E-state index in [1.165, 1.54) is 10.5 Å². The second-order valence-corrected chi connectivity index (χ2v) is 8.92. The maximum Gasteiger partial charge on any atom is 0.261 e. The lowest BCUT2D eigenvalue weighted by Crippen LogP contribution is -2.49. The summed E-state index contributed by atoms with van der Waals surface area (Å²) in [5.74, 6) is 0.534. The molecule has 1 unspecified atom stereocenters. The van der Waals surface area contributed by atoms with Crippen LogP contribution in [-0.4, -0.2) is 35.9 Å². The van der Waals surface area contributed by atoms with Crippen LogP contribution in [0.25, 0.3) is 0 Å². The van der Waals surface area contributed by atoms with Crippen molar-refractivity contribution in [3.05, 3.63) is 63.6 Å². The van der Waals surface area contributed by atoms with Gasteiger partial charge in [-0.25, -0.2) is 0 Å². The highest BCUT2D eigenvalue weighted by Crippen LogP contribution is 2.24. The molecule has 2 rings (SSSR count). The molecule has 32 heavy (non-hydrogen) atoms. The molecule has 0 spiro atoms. The van der Waals surface area contributed by atoms with Gasteiger partial charge < -0.3 is 15.0 Å². The minimum Gasteiger partial charge on any atom is -0.484 e. The van der Waals surface area contributed by atoms with Gasteiger partial charge in [-0.2, -0.15) is 0 Å². The highest BCUT2D eigenvalue weighted by atomic mass is 35.5. The molecular weight excluding hydrogens is 447 g/mol. The summed E-state index contributed by atoms with van der Waals surface area (Å²) in [5.41, 5.74) is 1.98. The van der Waals surface area contributed by atoms with E-state index in [9.17, 15) is 9.59 Å². The van der Waals surface area contributed by atoms with Crippen LogP contribution in [0.2, 0.25) is 10.0 Å². The molecule has 0 saturated heterocycles. The van der Waals surface area contributed by atoms with Crippen molar-refractivity contribution in [2.24, 2.45) is 0 Å². The number of amides is 2. The number of hydrogen-bond donors (Lipinski definition) is 1. The fourth-order valence-corrected chi connectivity index (χ4v) is 3.45. The van der Waals surface area contributed by atoms with E-state index < -0.39 is 6.04 Å².